The molecule has 6 rings (SSSR count). The number of benzene rings is 2. The predicted molar refractivity (Wildman–Crippen MR) is 178 cm³/mol. The van der Waals surface area contributed by atoms with Crippen molar-refractivity contribution in [3.05, 3.63) is 46.8 Å². The molecule has 3 aromatic rings. The Bertz CT molecular complexity index is 1820. The van der Waals surface area contributed by atoms with Crippen LogP contribution in [-0.4, -0.2) is 180 Å². The van der Waals surface area contributed by atoms with Crippen molar-refractivity contribution in [2.75, 3.05) is 26.9 Å². The van der Waals surface area contributed by atoms with Crippen molar-refractivity contribution < 1.29 is 98.9 Å². The Balaban J connectivity index is 1.17. The molecule has 4 heterocycles. The van der Waals surface area contributed by atoms with E-state index in [9.17, 15) is 66.1 Å². The van der Waals surface area contributed by atoms with Crippen LogP contribution in [0, 0.1) is 0 Å². The summed E-state index contributed by atoms with van der Waals surface area (Å²) in [6.45, 7) is -1.99. The smallest absolute Gasteiger partial charge is 0.229 e. The van der Waals surface area contributed by atoms with Crippen molar-refractivity contribution in [1.82, 2.24) is 0 Å². The van der Waals surface area contributed by atoms with Gasteiger partial charge in [-0.05, 0) is 17.7 Å². The highest BCUT2D eigenvalue weighted by Crippen LogP contribution is 2.43. The molecule has 0 spiro atoms. The van der Waals surface area contributed by atoms with Gasteiger partial charge in [-0.3, -0.25) is 4.79 Å². The summed E-state index contributed by atoms with van der Waals surface area (Å²) in [5, 5.41) is 122. The summed E-state index contributed by atoms with van der Waals surface area (Å²) >= 11 is 0. The van der Waals surface area contributed by atoms with Crippen LogP contribution in [0.1, 0.15) is 0 Å². The summed E-state index contributed by atoms with van der Waals surface area (Å²) < 4.78 is 43.9. The van der Waals surface area contributed by atoms with Gasteiger partial charge in [0.25, 0.3) is 0 Å². The zero-order chi connectivity index (χ0) is 39.9. The molecule has 3 aliphatic heterocycles. The van der Waals surface area contributed by atoms with Crippen LogP contribution < -0.4 is 19.6 Å². The van der Waals surface area contributed by atoms with Crippen molar-refractivity contribution in [3.63, 3.8) is 0 Å². The Hall–Kier alpha value is -3.75. The maximum Gasteiger partial charge on any atom is 0.229 e. The van der Waals surface area contributed by atoms with Gasteiger partial charge < -0.3 is 98.9 Å². The van der Waals surface area contributed by atoms with E-state index in [1.54, 1.807) is 0 Å². The molecule has 21 heteroatoms. The number of hydrogen-bond donors (Lipinski definition) is 12. The molecule has 0 unspecified atom stereocenters. The van der Waals surface area contributed by atoms with Crippen molar-refractivity contribution >= 4 is 11.0 Å². The molecule has 3 fully saturated rings. The Morgan fingerprint density at radius 2 is 1.16 bits per heavy atom. The van der Waals surface area contributed by atoms with E-state index >= 15 is 0 Å². The van der Waals surface area contributed by atoms with E-state index in [2.05, 4.69) is 0 Å². The minimum absolute atomic E-state index is 0.0306. The van der Waals surface area contributed by atoms with Crippen LogP contribution in [0.3, 0.4) is 0 Å². The highest BCUT2D eigenvalue weighted by molar-refractivity contribution is 5.91. The van der Waals surface area contributed by atoms with Crippen molar-refractivity contribution in [2.45, 2.75) is 92.1 Å². The van der Waals surface area contributed by atoms with Crippen molar-refractivity contribution in [1.29, 1.82) is 0 Å². The van der Waals surface area contributed by atoms with Gasteiger partial charge in [0.2, 0.25) is 23.8 Å². The molecule has 15 atom stereocenters. The molecule has 2 aromatic carbocycles. The van der Waals surface area contributed by atoms with Gasteiger partial charge in [-0.1, -0.05) is 12.1 Å². The van der Waals surface area contributed by atoms with Gasteiger partial charge in [0, 0.05) is 6.07 Å². The Morgan fingerprint density at radius 1 is 0.655 bits per heavy atom. The Kier molecular flexibility index (Phi) is 12.5. The van der Waals surface area contributed by atoms with Gasteiger partial charge in [-0.25, -0.2) is 0 Å². The third-order valence-corrected chi connectivity index (χ3v) is 9.61. The highest BCUT2D eigenvalue weighted by Gasteiger charge is 2.48. The lowest BCUT2D eigenvalue weighted by molar-refractivity contribution is -0.323. The zero-order valence-electron chi connectivity index (χ0n) is 28.8. The van der Waals surface area contributed by atoms with Gasteiger partial charge in [-0.15, -0.1) is 0 Å². The molecule has 304 valence electrons. The SMILES string of the molecule is COc1c(O[C@@H]2O[C@H](CO)[C@@H](O)[C@H](O)[C@H]2O)cc2occ(-c3ccc(O[C@@H]4O[C@H](CO[C@@H]5O[C@H](CO)[C@@H](O)[C@H](O)[C@H]5O)[C@@H](O)[C@H](O)[C@H]4O)cc3)c(=O)c2c1O. The largest absolute Gasteiger partial charge is 0.504 e. The first-order valence-corrected chi connectivity index (χ1v) is 16.9. The molecule has 3 saturated heterocycles. The van der Waals surface area contributed by atoms with E-state index in [0.717, 1.165) is 13.4 Å². The highest BCUT2D eigenvalue weighted by atomic mass is 16.7. The first-order valence-electron chi connectivity index (χ1n) is 16.9. The molecule has 0 saturated carbocycles. The fourth-order valence-corrected chi connectivity index (χ4v) is 6.39. The monoisotopic (exact) mass is 786 g/mol. The summed E-state index contributed by atoms with van der Waals surface area (Å²) in [5.41, 5.74) is -0.650. The van der Waals surface area contributed by atoms with Crippen LogP contribution in [0.4, 0.5) is 0 Å². The first-order chi connectivity index (χ1) is 26.2. The summed E-state index contributed by atoms with van der Waals surface area (Å²) in [4.78, 5) is 13.7. The second-order valence-electron chi connectivity index (χ2n) is 13.1. The number of phenols is 1. The van der Waals surface area contributed by atoms with E-state index in [0.29, 0.717) is 0 Å². The minimum Gasteiger partial charge on any atom is -0.504 e. The second kappa shape index (κ2) is 16.8. The first kappa shape index (κ1) is 40.9. The maximum absolute atomic E-state index is 13.7. The van der Waals surface area contributed by atoms with Gasteiger partial charge in [0.05, 0.1) is 32.5 Å². The van der Waals surface area contributed by atoms with E-state index < -0.39 is 123 Å². The van der Waals surface area contributed by atoms with Crippen LogP contribution in [0.5, 0.6) is 23.0 Å². The van der Waals surface area contributed by atoms with Gasteiger partial charge in [0.1, 0.15) is 96.2 Å². The molecule has 21 nitrogen and oxygen atoms in total. The average molecular weight is 787 g/mol. The zero-order valence-corrected chi connectivity index (χ0v) is 28.8. The van der Waals surface area contributed by atoms with Crippen LogP contribution in [0.25, 0.3) is 22.1 Å². The summed E-state index contributed by atoms with van der Waals surface area (Å²) in [6.07, 6.45) is -23.2. The Labute approximate surface area is 309 Å². The van der Waals surface area contributed by atoms with Crippen LogP contribution in [0.2, 0.25) is 0 Å². The number of ether oxygens (including phenoxy) is 7. The van der Waals surface area contributed by atoms with E-state index in [1.807, 2.05) is 0 Å². The van der Waals surface area contributed by atoms with Crippen molar-refractivity contribution in [3.8, 4) is 34.1 Å². The number of hydrogen-bond acceptors (Lipinski definition) is 21. The third kappa shape index (κ3) is 7.83. The van der Waals surface area contributed by atoms with E-state index in [-0.39, 0.29) is 39.3 Å². The van der Waals surface area contributed by atoms with E-state index in [1.165, 1.54) is 30.3 Å². The fourth-order valence-electron chi connectivity index (χ4n) is 6.39. The standard InChI is InChI=1S/C34H42O21/c1-48-31-15(52-34-30(47)26(43)22(39)17(8-36)54-34)6-14-19(24(31)41)20(37)13(9-49-14)11-2-4-12(5-3-11)51-33-29(46)27(44)23(40)18(55-33)10-50-32-28(45)25(42)21(38)16(7-35)53-32/h2-6,9,16-18,21-23,25-30,32-36,38-47H,7-8,10H2,1H3/t16-,17-,18-,21-,22-,23-,25+,26+,27+,28-,29-,30-,32-,33-,34-/m1/s1. The molecule has 0 amide bonds. The minimum atomic E-state index is -1.79. The van der Waals surface area contributed by atoms with Crippen molar-refractivity contribution in [2.24, 2.45) is 0 Å². The summed E-state index contributed by atoms with van der Waals surface area (Å²) in [6, 6.07) is 6.78. The number of aliphatic hydroxyl groups excluding tert-OH is 11. The Morgan fingerprint density at radius 3 is 1.73 bits per heavy atom. The number of methoxy groups -OCH3 is 1. The second-order valence-corrected chi connectivity index (χ2v) is 13.1. The quantitative estimate of drug-likeness (QED) is 0.0869. The van der Waals surface area contributed by atoms with Gasteiger partial charge in [-0.2, -0.15) is 0 Å². The number of fused-ring (bicyclic) bond motifs is 1. The predicted octanol–water partition coefficient (Wildman–Crippen LogP) is -4.64. The van der Waals surface area contributed by atoms with Crippen LogP contribution >= 0.6 is 0 Å². The molecule has 0 aliphatic carbocycles. The molecule has 3 aliphatic rings. The molecule has 12 N–H and O–H groups in total. The van der Waals surface area contributed by atoms with Gasteiger partial charge >= 0.3 is 0 Å². The molecule has 1 aromatic heterocycles. The topological polar surface area (TPSA) is 338 Å². The normalized spacial score (nSPS) is 36.8. The lowest BCUT2D eigenvalue weighted by Crippen LogP contribution is -2.62. The third-order valence-electron chi connectivity index (χ3n) is 9.61. The molecule has 55 heavy (non-hydrogen) atoms. The number of aromatic hydroxyl groups is 1. The molecule has 0 bridgehead atoms. The maximum atomic E-state index is 13.7. The number of rotatable bonds is 11. The molecule has 0 radical (unpaired) electrons. The fraction of sp³-hybridized carbons (Fsp3) is 0.559. The van der Waals surface area contributed by atoms with Gasteiger partial charge in [0.15, 0.2) is 17.8 Å². The molecular weight excluding hydrogens is 744 g/mol. The summed E-state index contributed by atoms with van der Waals surface area (Å²) in [5.74, 6) is -1.28. The van der Waals surface area contributed by atoms with E-state index in [4.69, 9.17) is 37.6 Å². The summed E-state index contributed by atoms with van der Waals surface area (Å²) in [7, 11) is 1.16. The lowest BCUT2D eigenvalue weighted by Gasteiger charge is -2.42. The van der Waals surface area contributed by atoms with Crippen LogP contribution in [-0.2, 0) is 18.9 Å². The molecular formula is C34H42O21. The number of aliphatic hydroxyl groups is 11. The lowest BCUT2D eigenvalue weighted by atomic mass is 9.98. The van der Waals surface area contributed by atoms with Crippen LogP contribution in [0.15, 0.2) is 45.8 Å². The number of phenolic OH excluding ortho intramolecular Hbond substituents is 1. The average Bonchev–Trinajstić information content (AvgIpc) is 3.18.